The minimum Gasteiger partial charge on any atom is -0.438 e. The zero-order valence-corrected chi connectivity index (χ0v) is 12.1. The molecule has 104 valence electrons. The van der Waals surface area contributed by atoms with Crippen molar-refractivity contribution in [1.29, 1.82) is 0 Å². The molecule has 0 spiro atoms. The molecular weight excluding hydrogens is 240 g/mol. The van der Waals surface area contributed by atoms with Crippen LogP contribution in [0, 0.1) is 5.92 Å². The van der Waals surface area contributed by atoms with Crippen molar-refractivity contribution in [2.24, 2.45) is 13.0 Å². The number of hydrogen-bond donors (Lipinski definition) is 1. The van der Waals surface area contributed by atoms with Gasteiger partial charge in [-0.1, -0.05) is 20.8 Å². The van der Waals surface area contributed by atoms with Gasteiger partial charge in [-0.05, 0) is 24.9 Å². The maximum atomic E-state index is 5.76. The van der Waals surface area contributed by atoms with E-state index in [4.69, 9.17) is 4.42 Å². The Hall–Kier alpha value is -1.62. The second-order valence-electron chi connectivity index (χ2n) is 5.14. The van der Waals surface area contributed by atoms with Crippen molar-refractivity contribution in [3.8, 4) is 11.5 Å². The van der Waals surface area contributed by atoms with Crippen LogP contribution in [-0.4, -0.2) is 21.3 Å². The average Bonchev–Trinajstić information content (AvgIpc) is 2.95. The summed E-state index contributed by atoms with van der Waals surface area (Å²) in [7, 11) is 1.92. The first kappa shape index (κ1) is 13.8. The summed E-state index contributed by atoms with van der Waals surface area (Å²) < 4.78 is 7.59. The van der Waals surface area contributed by atoms with Gasteiger partial charge in [0.2, 0.25) is 5.89 Å². The van der Waals surface area contributed by atoms with Gasteiger partial charge in [0.15, 0.2) is 5.76 Å². The summed E-state index contributed by atoms with van der Waals surface area (Å²) in [6.45, 7) is 8.07. The Kier molecular flexibility index (Phi) is 4.37. The lowest BCUT2D eigenvalue weighted by Crippen LogP contribution is -2.18. The van der Waals surface area contributed by atoms with Gasteiger partial charge in [-0.3, -0.25) is 4.68 Å². The van der Waals surface area contributed by atoms with Gasteiger partial charge in [0, 0.05) is 7.05 Å². The van der Waals surface area contributed by atoms with Crippen LogP contribution in [0.25, 0.3) is 11.5 Å². The van der Waals surface area contributed by atoms with Crippen LogP contribution in [0.1, 0.15) is 32.4 Å². The fraction of sp³-hybridized carbons (Fsp3) is 0.571. The van der Waals surface area contributed by atoms with Crippen LogP contribution in [-0.2, 0) is 20.0 Å². The van der Waals surface area contributed by atoms with Crippen LogP contribution in [0.3, 0.4) is 0 Å². The molecule has 2 aromatic heterocycles. The summed E-state index contributed by atoms with van der Waals surface area (Å²) in [6.07, 6.45) is 2.69. The van der Waals surface area contributed by atoms with E-state index in [1.165, 1.54) is 0 Å². The van der Waals surface area contributed by atoms with Gasteiger partial charge in [-0.15, -0.1) is 0 Å². The minimum atomic E-state index is 0.624. The molecule has 0 saturated heterocycles. The molecule has 2 rings (SSSR count). The van der Waals surface area contributed by atoms with E-state index in [0.717, 1.165) is 36.0 Å². The number of aryl methyl sites for hydroxylation is 2. The molecule has 0 aliphatic rings. The molecule has 0 aliphatic heterocycles. The first-order valence-corrected chi connectivity index (χ1v) is 6.78. The third kappa shape index (κ3) is 3.44. The lowest BCUT2D eigenvalue weighted by molar-refractivity contribution is 0.457. The minimum absolute atomic E-state index is 0.624. The zero-order valence-electron chi connectivity index (χ0n) is 12.1. The van der Waals surface area contributed by atoms with Gasteiger partial charge in [0.1, 0.15) is 5.69 Å². The fourth-order valence-corrected chi connectivity index (χ4v) is 1.91. The van der Waals surface area contributed by atoms with Crippen molar-refractivity contribution in [3.05, 3.63) is 23.8 Å². The lowest BCUT2D eigenvalue weighted by atomic mass is 10.2. The van der Waals surface area contributed by atoms with E-state index < -0.39 is 0 Å². The van der Waals surface area contributed by atoms with E-state index in [0.29, 0.717) is 12.5 Å². The lowest BCUT2D eigenvalue weighted by Gasteiger charge is -2.04. The predicted octanol–water partition coefficient (Wildman–Crippen LogP) is 2.38. The summed E-state index contributed by atoms with van der Waals surface area (Å²) in [6, 6.07) is 2.05. The molecule has 2 aromatic rings. The van der Waals surface area contributed by atoms with Crippen molar-refractivity contribution in [2.75, 3.05) is 6.54 Å². The van der Waals surface area contributed by atoms with Crippen LogP contribution in [0.5, 0.6) is 0 Å². The predicted molar refractivity (Wildman–Crippen MR) is 74.6 cm³/mol. The average molecular weight is 262 g/mol. The van der Waals surface area contributed by atoms with Crippen LogP contribution in [0.15, 0.2) is 16.7 Å². The summed E-state index contributed by atoms with van der Waals surface area (Å²) in [5.41, 5.74) is 2.04. The molecular formula is C14H22N4O. The monoisotopic (exact) mass is 262 g/mol. The highest BCUT2D eigenvalue weighted by molar-refractivity contribution is 5.51. The van der Waals surface area contributed by atoms with Crippen molar-refractivity contribution in [3.63, 3.8) is 0 Å². The summed E-state index contributed by atoms with van der Waals surface area (Å²) in [4.78, 5) is 4.30. The molecule has 0 amide bonds. The summed E-state index contributed by atoms with van der Waals surface area (Å²) in [5.74, 6) is 2.12. The Morgan fingerprint density at radius 3 is 2.84 bits per heavy atom. The SMILES string of the molecule is CCc1cc(-c2cnc(CNCC(C)C)o2)n(C)n1. The van der Waals surface area contributed by atoms with Gasteiger partial charge in [-0.25, -0.2) is 4.98 Å². The molecule has 0 aromatic carbocycles. The van der Waals surface area contributed by atoms with Crippen LogP contribution in [0.2, 0.25) is 0 Å². The quantitative estimate of drug-likeness (QED) is 0.868. The van der Waals surface area contributed by atoms with Gasteiger partial charge in [-0.2, -0.15) is 5.10 Å². The molecule has 0 saturated carbocycles. The Labute approximate surface area is 114 Å². The van der Waals surface area contributed by atoms with E-state index in [9.17, 15) is 0 Å². The van der Waals surface area contributed by atoms with Crippen molar-refractivity contribution >= 4 is 0 Å². The van der Waals surface area contributed by atoms with Crippen LogP contribution in [0.4, 0.5) is 0 Å². The molecule has 0 atom stereocenters. The number of oxazole rings is 1. The molecule has 19 heavy (non-hydrogen) atoms. The molecule has 0 aliphatic carbocycles. The number of rotatable bonds is 6. The zero-order chi connectivity index (χ0) is 13.8. The molecule has 2 heterocycles. The molecule has 1 N–H and O–H groups in total. The number of aromatic nitrogens is 3. The first-order valence-electron chi connectivity index (χ1n) is 6.78. The summed E-state index contributed by atoms with van der Waals surface area (Å²) in [5, 5.41) is 7.73. The third-order valence-corrected chi connectivity index (χ3v) is 2.93. The van der Waals surface area contributed by atoms with Crippen molar-refractivity contribution in [2.45, 2.75) is 33.7 Å². The van der Waals surface area contributed by atoms with E-state index in [-0.39, 0.29) is 0 Å². The van der Waals surface area contributed by atoms with Gasteiger partial charge < -0.3 is 9.73 Å². The van der Waals surface area contributed by atoms with E-state index in [1.807, 2.05) is 17.8 Å². The number of nitrogens with one attached hydrogen (secondary N) is 1. The van der Waals surface area contributed by atoms with Crippen LogP contribution >= 0.6 is 0 Å². The highest BCUT2D eigenvalue weighted by atomic mass is 16.4. The van der Waals surface area contributed by atoms with Crippen molar-refractivity contribution in [1.82, 2.24) is 20.1 Å². The Balaban J connectivity index is 2.05. The van der Waals surface area contributed by atoms with E-state index in [1.54, 1.807) is 6.20 Å². The highest BCUT2D eigenvalue weighted by Gasteiger charge is 2.11. The molecule has 0 fully saturated rings. The van der Waals surface area contributed by atoms with Gasteiger partial charge in [0.05, 0.1) is 18.4 Å². The first-order chi connectivity index (χ1) is 9.10. The molecule has 0 bridgehead atoms. The molecule has 0 radical (unpaired) electrons. The standard InChI is InChI=1S/C14H22N4O/c1-5-11-6-12(18(4)17-11)13-8-16-14(19-13)9-15-7-10(2)3/h6,8,10,15H,5,7,9H2,1-4H3. The Bertz CT molecular complexity index is 527. The molecule has 5 heteroatoms. The van der Waals surface area contributed by atoms with Crippen LogP contribution < -0.4 is 5.32 Å². The van der Waals surface area contributed by atoms with Gasteiger partial charge in [0.25, 0.3) is 0 Å². The normalized spacial score (nSPS) is 11.4. The highest BCUT2D eigenvalue weighted by Crippen LogP contribution is 2.21. The second kappa shape index (κ2) is 6.02. The number of hydrogen-bond acceptors (Lipinski definition) is 4. The fourth-order valence-electron chi connectivity index (χ4n) is 1.91. The second-order valence-corrected chi connectivity index (χ2v) is 5.14. The maximum Gasteiger partial charge on any atom is 0.208 e. The molecule has 5 nitrogen and oxygen atoms in total. The van der Waals surface area contributed by atoms with E-state index in [2.05, 4.69) is 36.2 Å². The van der Waals surface area contributed by atoms with Gasteiger partial charge >= 0.3 is 0 Å². The topological polar surface area (TPSA) is 55.9 Å². The third-order valence-electron chi connectivity index (χ3n) is 2.93. The Morgan fingerprint density at radius 2 is 2.21 bits per heavy atom. The smallest absolute Gasteiger partial charge is 0.208 e. The Morgan fingerprint density at radius 1 is 1.42 bits per heavy atom. The summed E-state index contributed by atoms with van der Waals surface area (Å²) >= 11 is 0. The maximum absolute atomic E-state index is 5.76. The van der Waals surface area contributed by atoms with Crippen molar-refractivity contribution < 1.29 is 4.42 Å². The molecule has 0 unspecified atom stereocenters. The largest absolute Gasteiger partial charge is 0.438 e. The van der Waals surface area contributed by atoms with E-state index >= 15 is 0 Å². The number of nitrogens with zero attached hydrogens (tertiary/aromatic N) is 3.